The molecule has 7 nitrogen and oxygen atoms in total. The van der Waals surface area contributed by atoms with Gasteiger partial charge in [-0.05, 0) is 35.9 Å². The number of benzene rings is 4. The van der Waals surface area contributed by atoms with Crippen LogP contribution in [0.1, 0.15) is 27.0 Å². The van der Waals surface area contributed by atoms with Gasteiger partial charge in [-0.1, -0.05) is 72.8 Å². The molecule has 0 saturated carbocycles. The standard InChI is InChI=1S/C29H19N3O4/c33-27(21-9-3-1-4-10-21)22-14-16-24(17-15-22)31-28(23-11-5-2-6-12-23)30-26(29(31)34)19-20-8-7-13-25(18-20)32(35)36/h1-19H/b26-19-. The van der Waals surface area contributed by atoms with Crippen LogP contribution >= 0.6 is 0 Å². The van der Waals surface area contributed by atoms with Crippen LogP contribution in [0.3, 0.4) is 0 Å². The quantitative estimate of drug-likeness (QED) is 0.156. The first-order chi connectivity index (χ1) is 17.5. The van der Waals surface area contributed by atoms with Crippen LogP contribution in [0.25, 0.3) is 6.08 Å². The van der Waals surface area contributed by atoms with Crippen molar-refractivity contribution in [1.82, 2.24) is 0 Å². The van der Waals surface area contributed by atoms with Crippen LogP contribution in [0.4, 0.5) is 11.4 Å². The average molecular weight is 473 g/mol. The van der Waals surface area contributed by atoms with E-state index in [9.17, 15) is 19.7 Å². The number of amidine groups is 1. The van der Waals surface area contributed by atoms with Crippen LogP contribution in [-0.4, -0.2) is 22.4 Å². The molecular formula is C29H19N3O4. The highest BCUT2D eigenvalue weighted by molar-refractivity contribution is 6.33. The summed E-state index contributed by atoms with van der Waals surface area (Å²) in [5, 5.41) is 11.2. The molecule has 0 fully saturated rings. The minimum atomic E-state index is -0.484. The van der Waals surface area contributed by atoms with Crippen LogP contribution < -0.4 is 4.90 Å². The van der Waals surface area contributed by atoms with Gasteiger partial charge in [-0.3, -0.25) is 24.6 Å². The first-order valence-corrected chi connectivity index (χ1v) is 11.2. The van der Waals surface area contributed by atoms with Crippen molar-refractivity contribution in [3.05, 3.63) is 147 Å². The second kappa shape index (κ2) is 9.60. The van der Waals surface area contributed by atoms with Gasteiger partial charge in [0.05, 0.1) is 10.6 Å². The highest BCUT2D eigenvalue weighted by atomic mass is 16.6. The zero-order chi connectivity index (χ0) is 25.1. The molecule has 0 saturated heterocycles. The molecule has 0 aromatic heterocycles. The van der Waals surface area contributed by atoms with Gasteiger partial charge in [0.25, 0.3) is 11.6 Å². The lowest BCUT2D eigenvalue weighted by Crippen LogP contribution is -2.32. The fraction of sp³-hybridized carbons (Fsp3) is 0. The number of anilines is 1. The summed E-state index contributed by atoms with van der Waals surface area (Å²) in [5.74, 6) is -0.0555. The van der Waals surface area contributed by atoms with E-state index in [2.05, 4.69) is 4.99 Å². The molecule has 0 aliphatic carbocycles. The molecule has 0 N–H and O–H groups in total. The van der Waals surface area contributed by atoms with E-state index < -0.39 is 4.92 Å². The van der Waals surface area contributed by atoms with Gasteiger partial charge in [-0.25, -0.2) is 4.99 Å². The van der Waals surface area contributed by atoms with E-state index in [1.54, 1.807) is 48.5 Å². The van der Waals surface area contributed by atoms with Crippen molar-refractivity contribution in [2.24, 2.45) is 4.99 Å². The van der Waals surface area contributed by atoms with Crippen LogP contribution in [-0.2, 0) is 4.79 Å². The monoisotopic (exact) mass is 473 g/mol. The molecule has 0 spiro atoms. The van der Waals surface area contributed by atoms with Gasteiger partial charge < -0.3 is 0 Å². The first-order valence-electron chi connectivity index (χ1n) is 11.2. The molecule has 1 aliphatic rings. The van der Waals surface area contributed by atoms with Crippen molar-refractivity contribution in [2.45, 2.75) is 0 Å². The Kier molecular flexibility index (Phi) is 6.03. The number of carbonyl (C=O) groups is 2. The van der Waals surface area contributed by atoms with Gasteiger partial charge in [-0.15, -0.1) is 0 Å². The molecule has 36 heavy (non-hydrogen) atoms. The number of hydrogen-bond acceptors (Lipinski definition) is 5. The lowest BCUT2D eigenvalue weighted by molar-refractivity contribution is -0.384. The first kappa shape index (κ1) is 22.6. The lowest BCUT2D eigenvalue weighted by Gasteiger charge is -2.19. The van der Waals surface area contributed by atoms with E-state index in [-0.39, 0.29) is 23.1 Å². The SMILES string of the molecule is O=C(c1ccccc1)c1ccc(N2C(=O)/C(=C/c3cccc([N+](=O)[O-])c3)N=C2c2ccccc2)cc1. The van der Waals surface area contributed by atoms with E-state index in [4.69, 9.17) is 0 Å². The van der Waals surface area contributed by atoms with E-state index >= 15 is 0 Å². The Bertz CT molecular complexity index is 1530. The number of amides is 1. The van der Waals surface area contributed by atoms with E-state index in [0.29, 0.717) is 28.2 Å². The molecule has 4 aromatic carbocycles. The van der Waals surface area contributed by atoms with Crippen molar-refractivity contribution in [2.75, 3.05) is 4.90 Å². The van der Waals surface area contributed by atoms with E-state index in [0.717, 1.165) is 5.56 Å². The summed E-state index contributed by atoms with van der Waals surface area (Å²) < 4.78 is 0. The molecule has 5 rings (SSSR count). The van der Waals surface area contributed by atoms with Gasteiger partial charge in [-0.2, -0.15) is 0 Å². The maximum atomic E-state index is 13.5. The Morgan fingerprint density at radius 1 is 0.806 bits per heavy atom. The Labute approximate surface area is 206 Å². The summed E-state index contributed by atoms with van der Waals surface area (Å²) in [7, 11) is 0. The molecule has 1 aliphatic heterocycles. The summed E-state index contributed by atoms with van der Waals surface area (Å²) in [6.07, 6.45) is 1.53. The second-order valence-corrected chi connectivity index (χ2v) is 8.07. The van der Waals surface area contributed by atoms with Crippen LogP contribution in [0.5, 0.6) is 0 Å². The molecule has 0 unspecified atom stereocenters. The van der Waals surface area contributed by atoms with Gasteiger partial charge in [0.2, 0.25) is 0 Å². The predicted molar refractivity (Wildman–Crippen MR) is 138 cm³/mol. The number of rotatable bonds is 6. The lowest BCUT2D eigenvalue weighted by atomic mass is 10.0. The minimum absolute atomic E-state index is 0.0717. The smallest absolute Gasteiger partial charge is 0.282 e. The van der Waals surface area contributed by atoms with Crippen LogP contribution in [0, 0.1) is 10.1 Å². The van der Waals surface area contributed by atoms with Crippen LogP contribution in [0.2, 0.25) is 0 Å². The number of nitrogens with zero attached hydrogens (tertiary/aromatic N) is 3. The molecular weight excluding hydrogens is 454 g/mol. The molecule has 7 heteroatoms. The third-order valence-electron chi connectivity index (χ3n) is 5.70. The van der Waals surface area contributed by atoms with Crippen molar-refractivity contribution in [1.29, 1.82) is 0 Å². The average Bonchev–Trinajstić information content (AvgIpc) is 3.25. The zero-order valence-electron chi connectivity index (χ0n) is 18.9. The third-order valence-corrected chi connectivity index (χ3v) is 5.70. The van der Waals surface area contributed by atoms with Crippen LogP contribution in [0.15, 0.2) is 120 Å². The Balaban J connectivity index is 1.52. The van der Waals surface area contributed by atoms with E-state index in [1.807, 2.05) is 48.5 Å². The number of hydrogen-bond donors (Lipinski definition) is 0. The normalized spacial score (nSPS) is 14.1. The summed E-state index contributed by atoms with van der Waals surface area (Å²) >= 11 is 0. The maximum absolute atomic E-state index is 13.5. The topological polar surface area (TPSA) is 92.9 Å². The van der Waals surface area contributed by atoms with Gasteiger partial charge in [0.1, 0.15) is 11.5 Å². The fourth-order valence-corrected chi connectivity index (χ4v) is 3.94. The Hall–Kier alpha value is -5.17. The predicted octanol–water partition coefficient (Wildman–Crippen LogP) is 5.66. The third kappa shape index (κ3) is 4.45. The fourth-order valence-electron chi connectivity index (χ4n) is 3.94. The summed E-state index contributed by atoms with van der Waals surface area (Å²) in [5.41, 5.74) is 2.94. The number of nitro benzene ring substituents is 1. The Morgan fingerprint density at radius 2 is 1.44 bits per heavy atom. The van der Waals surface area contributed by atoms with E-state index in [1.165, 1.54) is 23.1 Å². The number of non-ortho nitro benzene ring substituents is 1. The highest BCUT2D eigenvalue weighted by Crippen LogP contribution is 2.29. The number of carbonyl (C=O) groups excluding carboxylic acids is 2. The Morgan fingerprint density at radius 3 is 2.11 bits per heavy atom. The number of ketones is 1. The van der Waals surface area contributed by atoms with Gasteiger partial charge >= 0.3 is 0 Å². The van der Waals surface area contributed by atoms with Crippen molar-refractivity contribution in [3.63, 3.8) is 0 Å². The summed E-state index contributed by atoms with van der Waals surface area (Å²) in [4.78, 5) is 43.0. The molecule has 4 aromatic rings. The maximum Gasteiger partial charge on any atom is 0.282 e. The minimum Gasteiger partial charge on any atom is -0.289 e. The number of aliphatic imine (C=N–C) groups is 1. The van der Waals surface area contributed by atoms with Gasteiger partial charge in [0, 0.05) is 28.8 Å². The molecule has 0 radical (unpaired) electrons. The molecule has 0 bridgehead atoms. The molecule has 174 valence electrons. The zero-order valence-corrected chi connectivity index (χ0v) is 18.9. The highest BCUT2D eigenvalue weighted by Gasteiger charge is 2.32. The van der Waals surface area contributed by atoms with Crippen molar-refractivity contribution < 1.29 is 14.5 Å². The van der Waals surface area contributed by atoms with Crippen molar-refractivity contribution >= 4 is 35.0 Å². The largest absolute Gasteiger partial charge is 0.289 e. The number of nitro groups is 1. The van der Waals surface area contributed by atoms with Gasteiger partial charge in [0.15, 0.2) is 5.78 Å². The molecule has 1 amide bonds. The molecule has 0 atom stereocenters. The summed E-state index contributed by atoms with van der Waals surface area (Å²) in [6, 6.07) is 31.1. The molecule has 1 heterocycles. The summed E-state index contributed by atoms with van der Waals surface area (Å²) in [6.45, 7) is 0. The second-order valence-electron chi connectivity index (χ2n) is 8.07. The van der Waals surface area contributed by atoms with Crippen molar-refractivity contribution in [3.8, 4) is 0 Å².